The number of carbonyl (C=O) groups is 1. The maximum Gasteiger partial charge on any atom is 0.407 e. The Balaban J connectivity index is 1.89. The van der Waals surface area contributed by atoms with Crippen molar-refractivity contribution in [3.8, 4) is 5.69 Å². The molecule has 1 saturated heterocycles. The maximum atomic E-state index is 13.1. The van der Waals surface area contributed by atoms with Gasteiger partial charge in [0.15, 0.2) is 5.65 Å². The van der Waals surface area contributed by atoms with Gasteiger partial charge in [-0.3, -0.25) is 9.13 Å². The lowest BCUT2D eigenvalue weighted by Crippen LogP contribution is -2.31. The Hall–Kier alpha value is -2.87. The fourth-order valence-electron chi connectivity index (χ4n) is 3.26. The van der Waals surface area contributed by atoms with E-state index in [0.29, 0.717) is 35.0 Å². The quantitative estimate of drug-likeness (QED) is 0.708. The van der Waals surface area contributed by atoms with Crippen molar-refractivity contribution in [2.24, 2.45) is 0 Å². The number of rotatable bonds is 2. The summed E-state index contributed by atoms with van der Waals surface area (Å²) in [5.41, 5.74) is 1.49. The molecule has 3 aromatic heterocycles. The standard InChI is InChI=1S/C16H14ClN5O3/c17-13-4-3-10(8-19-13)21-12-2-1-6-18-14(12)22(15(21)23)11-5-7-20(9-11)16(24)25/h1-4,6,8,11H,5,7,9H2,(H,24,25). The van der Waals surface area contributed by atoms with Crippen LogP contribution in [0.3, 0.4) is 0 Å². The Bertz CT molecular complexity index is 1010. The lowest BCUT2D eigenvalue weighted by molar-refractivity contribution is 0.154. The summed E-state index contributed by atoms with van der Waals surface area (Å²) in [7, 11) is 0. The van der Waals surface area contributed by atoms with Crippen molar-refractivity contribution in [2.45, 2.75) is 12.5 Å². The first-order chi connectivity index (χ1) is 12.1. The average molecular weight is 360 g/mol. The summed E-state index contributed by atoms with van der Waals surface area (Å²) in [6.45, 7) is 0.665. The molecule has 0 aromatic carbocycles. The molecule has 4 heterocycles. The van der Waals surface area contributed by atoms with Gasteiger partial charge >= 0.3 is 11.8 Å². The van der Waals surface area contributed by atoms with Crippen LogP contribution >= 0.6 is 11.6 Å². The van der Waals surface area contributed by atoms with Crippen molar-refractivity contribution in [1.29, 1.82) is 0 Å². The monoisotopic (exact) mass is 359 g/mol. The summed E-state index contributed by atoms with van der Waals surface area (Å²) >= 11 is 5.83. The summed E-state index contributed by atoms with van der Waals surface area (Å²) in [5, 5.41) is 9.51. The van der Waals surface area contributed by atoms with Crippen molar-refractivity contribution in [3.63, 3.8) is 0 Å². The van der Waals surface area contributed by atoms with E-state index in [-0.39, 0.29) is 18.3 Å². The zero-order chi connectivity index (χ0) is 17.6. The second-order valence-electron chi connectivity index (χ2n) is 5.84. The number of carboxylic acid groups (broad SMARTS) is 1. The number of imidazole rings is 1. The van der Waals surface area contributed by atoms with Gasteiger partial charge in [-0.25, -0.2) is 19.6 Å². The van der Waals surface area contributed by atoms with Gasteiger partial charge in [-0.2, -0.15) is 0 Å². The molecule has 0 radical (unpaired) electrons. The third kappa shape index (κ3) is 2.54. The number of hydrogen-bond acceptors (Lipinski definition) is 4. The van der Waals surface area contributed by atoms with Gasteiger partial charge in [-0.15, -0.1) is 0 Å². The highest BCUT2D eigenvalue weighted by atomic mass is 35.5. The molecule has 1 aliphatic rings. The van der Waals surface area contributed by atoms with Crippen LogP contribution in [0.25, 0.3) is 16.9 Å². The van der Waals surface area contributed by atoms with Gasteiger partial charge < -0.3 is 10.0 Å². The summed E-state index contributed by atoms with van der Waals surface area (Å²) in [6, 6.07) is 6.64. The third-order valence-corrected chi connectivity index (χ3v) is 4.63. The van der Waals surface area contributed by atoms with Crippen LogP contribution in [0.4, 0.5) is 4.79 Å². The van der Waals surface area contributed by atoms with Gasteiger partial charge in [0.1, 0.15) is 5.15 Å². The normalized spacial score (nSPS) is 17.3. The third-order valence-electron chi connectivity index (χ3n) is 4.40. The van der Waals surface area contributed by atoms with E-state index < -0.39 is 6.09 Å². The van der Waals surface area contributed by atoms with Gasteiger partial charge in [0.05, 0.1) is 23.4 Å². The van der Waals surface area contributed by atoms with Crippen LogP contribution in [-0.2, 0) is 0 Å². The van der Waals surface area contributed by atoms with E-state index >= 15 is 0 Å². The molecule has 9 heteroatoms. The number of amides is 1. The molecule has 1 N–H and O–H groups in total. The minimum Gasteiger partial charge on any atom is -0.465 e. The first-order valence-electron chi connectivity index (χ1n) is 7.74. The molecule has 0 aliphatic carbocycles. The fraction of sp³-hybridized carbons (Fsp3) is 0.250. The molecule has 0 spiro atoms. The lowest BCUT2D eigenvalue weighted by atomic mass is 10.2. The maximum absolute atomic E-state index is 13.1. The second kappa shape index (κ2) is 5.89. The van der Waals surface area contributed by atoms with Gasteiger partial charge in [0, 0.05) is 19.3 Å². The van der Waals surface area contributed by atoms with E-state index in [2.05, 4.69) is 9.97 Å². The van der Waals surface area contributed by atoms with Crippen LogP contribution in [0.5, 0.6) is 0 Å². The minimum absolute atomic E-state index is 0.248. The van der Waals surface area contributed by atoms with Crippen LogP contribution in [0.15, 0.2) is 41.5 Å². The molecular weight excluding hydrogens is 346 g/mol. The smallest absolute Gasteiger partial charge is 0.407 e. The summed E-state index contributed by atoms with van der Waals surface area (Å²) in [6.07, 6.45) is 2.74. The molecule has 128 valence electrons. The molecule has 3 aromatic rings. The summed E-state index contributed by atoms with van der Waals surface area (Å²) in [5.74, 6) is 0. The molecule has 1 unspecified atom stereocenters. The SMILES string of the molecule is O=C(O)N1CCC(n2c(=O)n(-c3ccc(Cl)nc3)c3cccnc32)C1. The van der Waals surface area contributed by atoms with Crippen molar-refractivity contribution < 1.29 is 9.90 Å². The van der Waals surface area contributed by atoms with Crippen molar-refractivity contribution in [2.75, 3.05) is 13.1 Å². The predicted octanol–water partition coefficient (Wildman–Crippen LogP) is 2.16. The lowest BCUT2D eigenvalue weighted by Gasteiger charge is -2.13. The molecule has 0 bridgehead atoms. The van der Waals surface area contributed by atoms with E-state index in [1.165, 1.54) is 15.7 Å². The van der Waals surface area contributed by atoms with Gasteiger partial charge in [0.25, 0.3) is 0 Å². The van der Waals surface area contributed by atoms with Crippen LogP contribution in [-0.4, -0.2) is 48.3 Å². The van der Waals surface area contributed by atoms with Crippen LogP contribution < -0.4 is 5.69 Å². The zero-order valence-corrected chi connectivity index (χ0v) is 13.8. The van der Waals surface area contributed by atoms with Crippen molar-refractivity contribution in [3.05, 3.63) is 52.3 Å². The number of nitrogens with zero attached hydrogens (tertiary/aromatic N) is 5. The van der Waals surface area contributed by atoms with Crippen molar-refractivity contribution in [1.82, 2.24) is 24.0 Å². The Morgan fingerprint density at radius 2 is 2.12 bits per heavy atom. The van der Waals surface area contributed by atoms with Crippen LogP contribution in [0.1, 0.15) is 12.5 Å². The highest BCUT2D eigenvalue weighted by Crippen LogP contribution is 2.25. The molecule has 8 nitrogen and oxygen atoms in total. The van der Waals surface area contributed by atoms with E-state index in [1.807, 2.05) is 0 Å². The number of fused-ring (bicyclic) bond motifs is 1. The van der Waals surface area contributed by atoms with E-state index in [0.717, 1.165) is 0 Å². The number of likely N-dealkylation sites (tertiary alicyclic amines) is 1. The van der Waals surface area contributed by atoms with E-state index in [9.17, 15) is 9.59 Å². The Morgan fingerprint density at radius 3 is 2.80 bits per heavy atom. The highest BCUT2D eigenvalue weighted by Gasteiger charge is 2.31. The predicted molar refractivity (Wildman–Crippen MR) is 91.4 cm³/mol. The Kier molecular flexibility index (Phi) is 3.69. The Morgan fingerprint density at radius 1 is 1.28 bits per heavy atom. The first kappa shape index (κ1) is 15.6. The number of hydrogen-bond donors (Lipinski definition) is 1. The molecule has 25 heavy (non-hydrogen) atoms. The number of pyridine rings is 2. The molecule has 1 fully saturated rings. The molecule has 1 amide bonds. The molecule has 1 atom stereocenters. The minimum atomic E-state index is -0.978. The fourth-order valence-corrected chi connectivity index (χ4v) is 3.37. The molecule has 0 saturated carbocycles. The van der Waals surface area contributed by atoms with Gasteiger partial charge in [0.2, 0.25) is 0 Å². The molecular formula is C16H14ClN5O3. The van der Waals surface area contributed by atoms with Crippen LogP contribution in [0, 0.1) is 0 Å². The second-order valence-corrected chi connectivity index (χ2v) is 6.23. The largest absolute Gasteiger partial charge is 0.465 e. The zero-order valence-electron chi connectivity index (χ0n) is 13.0. The van der Waals surface area contributed by atoms with E-state index in [4.69, 9.17) is 16.7 Å². The summed E-state index contributed by atoms with van der Waals surface area (Å²) in [4.78, 5) is 34.0. The molecule has 1 aliphatic heterocycles. The topological polar surface area (TPSA) is 93.2 Å². The van der Waals surface area contributed by atoms with Gasteiger partial charge in [-0.05, 0) is 30.7 Å². The first-order valence-corrected chi connectivity index (χ1v) is 8.12. The van der Waals surface area contributed by atoms with Crippen LogP contribution in [0.2, 0.25) is 5.15 Å². The van der Waals surface area contributed by atoms with E-state index in [1.54, 1.807) is 35.0 Å². The highest BCUT2D eigenvalue weighted by molar-refractivity contribution is 6.29. The molecule has 4 rings (SSSR count). The average Bonchev–Trinajstić information content (AvgIpc) is 3.18. The Labute approximate surface area is 146 Å². The number of aromatic nitrogens is 4. The van der Waals surface area contributed by atoms with Gasteiger partial charge in [-0.1, -0.05) is 11.6 Å². The number of halogens is 1. The summed E-state index contributed by atoms with van der Waals surface area (Å²) < 4.78 is 3.10. The van der Waals surface area contributed by atoms with Crippen molar-refractivity contribution >= 4 is 28.9 Å².